The normalized spacial score (nSPS) is 15.2. The molecule has 2 aromatic heterocycles. The number of aryl methyl sites for hydroxylation is 1. The van der Waals surface area contributed by atoms with Gasteiger partial charge in [0.05, 0.1) is 0 Å². The van der Waals surface area contributed by atoms with E-state index in [1.165, 1.54) is 31.0 Å². The van der Waals surface area contributed by atoms with E-state index in [1.807, 2.05) is 24.9 Å². The van der Waals surface area contributed by atoms with Crippen LogP contribution in [0.2, 0.25) is 0 Å². The van der Waals surface area contributed by atoms with Gasteiger partial charge in [-0.1, -0.05) is 0 Å². The summed E-state index contributed by atoms with van der Waals surface area (Å²) in [5.74, 6) is 1.35. The minimum atomic E-state index is 0.599. The van der Waals surface area contributed by atoms with Crippen LogP contribution in [-0.4, -0.2) is 44.6 Å². The number of imidazole rings is 1. The minimum absolute atomic E-state index is 0.599. The summed E-state index contributed by atoms with van der Waals surface area (Å²) in [6, 6.07) is 0. The van der Waals surface area contributed by atoms with Gasteiger partial charge in [0, 0.05) is 39.6 Å². The molecular weight excluding hydrogens is 286 g/mol. The molecule has 0 saturated carbocycles. The van der Waals surface area contributed by atoms with Crippen LogP contribution in [0.15, 0.2) is 22.7 Å². The Hall–Kier alpha value is -1.83. The second-order valence-corrected chi connectivity index (χ2v) is 5.90. The number of nitrogens with one attached hydrogen (secondary N) is 1. The van der Waals surface area contributed by atoms with E-state index in [2.05, 4.69) is 30.2 Å². The fourth-order valence-electron chi connectivity index (χ4n) is 2.27. The third kappa shape index (κ3) is 3.26. The van der Waals surface area contributed by atoms with Crippen LogP contribution in [-0.2, 0) is 7.05 Å². The first-order chi connectivity index (χ1) is 10.3. The van der Waals surface area contributed by atoms with Crippen LogP contribution in [0.3, 0.4) is 0 Å². The summed E-state index contributed by atoms with van der Waals surface area (Å²) in [6.45, 7) is 2.03. The van der Waals surface area contributed by atoms with E-state index in [1.54, 1.807) is 6.20 Å². The summed E-state index contributed by atoms with van der Waals surface area (Å²) in [6.07, 6.45) is 7.36. The van der Waals surface area contributed by atoms with Crippen LogP contribution < -0.4 is 10.2 Å². The van der Waals surface area contributed by atoms with Gasteiger partial charge in [0.2, 0.25) is 17.1 Å². The molecule has 0 amide bonds. The lowest BCUT2D eigenvalue weighted by Crippen LogP contribution is -2.31. The molecule has 1 N–H and O–H groups in total. The van der Waals surface area contributed by atoms with Gasteiger partial charge in [-0.2, -0.15) is 15.0 Å². The lowest BCUT2D eigenvalue weighted by atomic mass is 10.1. The largest absolute Gasteiger partial charge is 0.357 e. The quantitative estimate of drug-likeness (QED) is 0.923. The number of anilines is 2. The van der Waals surface area contributed by atoms with Crippen LogP contribution in [0, 0.1) is 0 Å². The molecular formula is C13H19N7S. The molecule has 7 nitrogen and oxygen atoms in total. The lowest BCUT2D eigenvalue weighted by Gasteiger charge is -2.26. The van der Waals surface area contributed by atoms with Crippen molar-refractivity contribution in [3.05, 3.63) is 12.4 Å². The molecule has 0 bridgehead atoms. The van der Waals surface area contributed by atoms with Gasteiger partial charge in [-0.15, -0.1) is 0 Å². The van der Waals surface area contributed by atoms with Crippen LogP contribution in [0.4, 0.5) is 11.9 Å². The van der Waals surface area contributed by atoms with E-state index in [0.717, 1.165) is 24.2 Å². The number of rotatable bonds is 4. The molecule has 1 aliphatic rings. The number of piperidine rings is 1. The fourth-order valence-corrected chi connectivity index (χ4v) is 3.01. The Morgan fingerprint density at radius 1 is 1.14 bits per heavy atom. The zero-order valence-corrected chi connectivity index (χ0v) is 13.1. The predicted octanol–water partition coefficient (Wildman–Crippen LogP) is 1.79. The summed E-state index contributed by atoms with van der Waals surface area (Å²) in [4.78, 5) is 20.0. The molecule has 0 spiro atoms. The first kappa shape index (κ1) is 14.1. The van der Waals surface area contributed by atoms with Gasteiger partial charge in [0.1, 0.15) is 0 Å². The first-order valence-electron chi connectivity index (χ1n) is 7.10. The first-order valence-corrected chi connectivity index (χ1v) is 7.92. The number of nitrogens with zero attached hydrogens (tertiary/aromatic N) is 6. The second kappa shape index (κ2) is 6.30. The molecule has 0 aliphatic carbocycles. The summed E-state index contributed by atoms with van der Waals surface area (Å²) < 4.78 is 1.95. The SMILES string of the molecule is CNc1nc(Sc2nccn2C)nc(N2CCCCC2)n1. The average Bonchev–Trinajstić information content (AvgIpc) is 2.93. The third-order valence-corrected chi connectivity index (χ3v) is 4.37. The standard InChI is InChI=1S/C13H19N7S/c1-14-10-16-11(20-7-4-3-5-8-20)18-12(17-10)21-13-15-6-9-19(13)2/h6,9H,3-5,7-8H2,1-2H3,(H,14,16,17,18). The molecule has 1 fully saturated rings. The molecule has 3 heterocycles. The second-order valence-electron chi connectivity index (χ2n) is 4.96. The van der Waals surface area contributed by atoms with Crippen molar-refractivity contribution >= 4 is 23.7 Å². The fraction of sp³-hybridized carbons (Fsp3) is 0.538. The molecule has 0 unspecified atom stereocenters. The van der Waals surface area contributed by atoms with E-state index in [-0.39, 0.29) is 0 Å². The van der Waals surface area contributed by atoms with Gasteiger partial charge < -0.3 is 14.8 Å². The van der Waals surface area contributed by atoms with Gasteiger partial charge in [-0.25, -0.2) is 4.98 Å². The van der Waals surface area contributed by atoms with Gasteiger partial charge in [-0.3, -0.25) is 0 Å². The summed E-state index contributed by atoms with van der Waals surface area (Å²) >= 11 is 1.45. The van der Waals surface area contributed by atoms with Crippen LogP contribution in [0.5, 0.6) is 0 Å². The molecule has 1 aliphatic heterocycles. The minimum Gasteiger partial charge on any atom is -0.357 e. The molecule has 2 aromatic rings. The topological polar surface area (TPSA) is 71.8 Å². The van der Waals surface area contributed by atoms with E-state index >= 15 is 0 Å². The highest BCUT2D eigenvalue weighted by Crippen LogP contribution is 2.25. The van der Waals surface area contributed by atoms with Crippen molar-refractivity contribution in [3.8, 4) is 0 Å². The predicted molar refractivity (Wildman–Crippen MR) is 82.8 cm³/mol. The molecule has 1 saturated heterocycles. The van der Waals surface area contributed by atoms with E-state index < -0.39 is 0 Å². The highest BCUT2D eigenvalue weighted by molar-refractivity contribution is 7.99. The maximum absolute atomic E-state index is 4.59. The molecule has 3 rings (SSSR count). The summed E-state index contributed by atoms with van der Waals surface area (Å²) in [5.41, 5.74) is 0. The Bertz CT molecular complexity index is 606. The van der Waals surface area contributed by atoms with Gasteiger partial charge in [-0.05, 0) is 31.0 Å². The molecule has 0 radical (unpaired) electrons. The zero-order chi connectivity index (χ0) is 14.7. The van der Waals surface area contributed by atoms with Gasteiger partial charge in [0.15, 0.2) is 5.16 Å². The van der Waals surface area contributed by atoms with Gasteiger partial charge in [0.25, 0.3) is 0 Å². The maximum Gasteiger partial charge on any atom is 0.231 e. The van der Waals surface area contributed by atoms with Crippen LogP contribution >= 0.6 is 11.8 Å². The van der Waals surface area contributed by atoms with Crippen molar-refractivity contribution in [2.75, 3.05) is 30.4 Å². The van der Waals surface area contributed by atoms with Crippen LogP contribution in [0.25, 0.3) is 0 Å². The number of aromatic nitrogens is 5. The summed E-state index contributed by atoms with van der Waals surface area (Å²) in [5, 5.41) is 4.55. The maximum atomic E-state index is 4.59. The Morgan fingerprint density at radius 2 is 1.95 bits per heavy atom. The van der Waals surface area contributed by atoms with Crippen molar-refractivity contribution in [2.24, 2.45) is 7.05 Å². The van der Waals surface area contributed by atoms with E-state index in [4.69, 9.17) is 0 Å². The van der Waals surface area contributed by atoms with Crippen molar-refractivity contribution in [2.45, 2.75) is 29.6 Å². The average molecular weight is 305 g/mol. The lowest BCUT2D eigenvalue weighted by molar-refractivity contribution is 0.565. The monoisotopic (exact) mass is 305 g/mol. The Morgan fingerprint density at radius 3 is 2.62 bits per heavy atom. The molecule has 8 heteroatoms. The summed E-state index contributed by atoms with van der Waals surface area (Å²) in [7, 11) is 3.78. The smallest absolute Gasteiger partial charge is 0.231 e. The molecule has 112 valence electrons. The number of hydrogen-bond donors (Lipinski definition) is 1. The van der Waals surface area contributed by atoms with Gasteiger partial charge >= 0.3 is 0 Å². The van der Waals surface area contributed by atoms with E-state index in [9.17, 15) is 0 Å². The highest BCUT2D eigenvalue weighted by Gasteiger charge is 2.17. The number of hydrogen-bond acceptors (Lipinski definition) is 7. The highest BCUT2D eigenvalue weighted by atomic mass is 32.2. The van der Waals surface area contributed by atoms with Crippen molar-refractivity contribution in [1.29, 1.82) is 0 Å². The van der Waals surface area contributed by atoms with Crippen LogP contribution in [0.1, 0.15) is 19.3 Å². The van der Waals surface area contributed by atoms with Crippen molar-refractivity contribution in [1.82, 2.24) is 24.5 Å². The van der Waals surface area contributed by atoms with Crippen molar-refractivity contribution < 1.29 is 0 Å². The third-order valence-electron chi connectivity index (χ3n) is 3.43. The Labute approximate surface area is 128 Å². The molecule has 0 atom stereocenters. The molecule has 21 heavy (non-hydrogen) atoms. The Kier molecular flexibility index (Phi) is 4.23. The molecule has 0 aromatic carbocycles. The van der Waals surface area contributed by atoms with E-state index in [0.29, 0.717) is 11.1 Å². The van der Waals surface area contributed by atoms with Crippen molar-refractivity contribution in [3.63, 3.8) is 0 Å². The Balaban J connectivity index is 1.87. The zero-order valence-electron chi connectivity index (χ0n) is 12.3.